The number of amides is 1. The van der Waals surface area contributed by atoms with Crippen LogP contribution in [0.2, 0.25) is 0 Å². The van der Waals surface area contributed by atoms with E-state index in [9.17, 15) is 4.79 Å². The average Bonchev–Trinajstić information content (AvgIpc) is 3.11. The molecule has 1 saturated heterocycles. The van der Waals surface area contributed by atoms with E-state index < -0.39 is 0 Å². The first-order valence-electron chi connectivity index (χ1n) is 6.95. The number of hydrogen-bond donors (Lipinski definition) is 0. The SMILES string of the molecule is O=C(c1cnn2ccncc12)N1CCCC1CCCBr. The van der Waals surface area contributed by atoms with Gasteiger partial charge in [-0.2, -0.15) is 5.10 Å². The van der Waals surface area contributed by atoms with E-state index in [-0.39, 0.29) is 5.91 Å². The van der Waals surface area contributed by atoms with Crippen LogP contribution >= 0.6 is 15.9 Å². The minimum absolute atomic E-state index is 0.0880. The fourth-order valence-corrected chi connectivity index (χ4v) is 3.19. The van der Waals surface area contributed by atoms with Crippen molar-refractivity contribution in [1.82, 2.24) is 19.5 Å². The Labute approximate surface area is 126 Å². The predicted molar refractivity (Wildman–Crippen MR) is 80.1 cm³/mol. The van der Waals surface area contributed by atoms with Crippen molar-refractivity contribution < 1.29 is 4.79 Å². The molecule has 1 fully saturated rings. The van der Waals surface area contributed by atoms with Gasteiger partial charge in [0, 0.05) is 30.3 Å². The number of likely N-dealkylation sites (tertiary alicyclic amines) is 1. The zero-order valence-electron chi connectivity index (χ0n) is 11.2. The van der Waals surface area contributed by atoms with Crippen LogP contribution in [0.25, 0.3) is 5.52 Å². The normalized spacial score (nSPS) is 18.9. The minimum atomic E-state index is 0.0880. The van der Waals surface area contributed by atoms with Crippen LogP contribution in [0.15, 0.2) is 24.8 Å². The summed E-state index contributed by atoms with van der Waals surface area (Å²) in [6, 6.07) is 0.367. The van der Waals surface area contributed by atoms with Gasteiger partial charge in [0.1, 0.15) is 0 Å². The van der Waals surface area contributed by atoms with Gasteiger partial charge in [0.15, 0.2) is 0 Å². The van der Waals surface area contributed by atoms with Crippen molar-refractivity contribution in [2.24, 2.45) is 0 Å². The molecule has 2 aromatic heterocycles. The number of alkyl halides is 1. The summed E-state index contributed by atoms with van der Waals surface area (Å²) in [6.07, 6.45) is 11.1. The molecular formula is C14H17BrN4O. The highest BCUT2D eigenvalue weighted by molar-refractivity contribution is 9.09. The quantitative estimate of drug-likeness (QED) is 0.806. The lowest BCUT2D eigenvalue weighted by Gasteiger charge is -2.24. The Hall–Kier alpha value is -1.43. The smallest absolute Gasteiger partial charge is 0.257 e. The van der Waals surface area contributed by atoms with Crippen LogP contribution in [0.5, 0.6) is 0 Å². The van der Waals surface area contributed by atoms with E-state index in [1.807, 2.05) is 4.90 Å². The fraction of sp³-hybridized carbons (Fsp3) is 0.500. The summed E-state index contributed by atoms with van der Waals surface area (Å²) < 4.78 is 1.70. The molecule has 0 spiro atoms. The standard InChI is InChI=1S/C14H17BrN4O/c15-5-1-3-11-4-2-7-18(11)14(20)12-9-17-19-8-6-16-10-13(12)19/h6,8-11H,1-5,7H2. The Morgan fingerprint density at radius 3 is 3.20 bits per heavy atom. The molecule has 1 unspecified atom stereocenters. The molecule has 5 nitrogen and oxygen atoms in total. The zero-order chi connectivity index (χ0) is 13.9. The number of hydrogen-bond acceptors (Lipinski definition) is 3. The van der Waals surface area contributed by atoms with Crippen molar-refractivity contribution in [3.05, 3.63) is 30.4 Å². The topological polar surface area (TPSA) is 50.5 Å². The van der Waals surface area contributed by atoms with Gasteiger partial charge in [-0.3, -0.25) is 9.78 Å². The maximum Gasteiger partial charge on any atom is 0.257 e. The Balaban J connectivity index is 1.84. The Bertz CT molecular complexity index is 612. The zero-order valence-corrected chi connectivity index (χ0v) is 12.8. The van der Waals surface area contributed by atoms with Gasteiger partial charge in [0.05, 0.1) is 23.5 Å². The van der Waals surface area contributed by atoms with E-state index >= 15 is 0 Å². The molecule has 1 aliphatic heterocycles. The maximum absolute atomic E-state index is 12.7. The average molecular weight is 337 g/mol. The van der Waals surface area contributed by atoms with E-state index in [0.717, 1.165) is 43.1 Å². The van der Waals surface area contributed by atoms with Crippen LogP contribution in [0, 0.1) is 0 Å². The molecule has 2 aromatic rings. The Kier molecular flexibility index (Phi) is 4.00. The van der Waals surface area contributed by atoms with Crippen molar-refractivity contribution in [2.75, 3.05) is 11.9 Å². The van der Waals surface area contributed by atoms with Crippen LogP contribution in [0.3, 0.4) is 0 Å². The molecule has 0 N–H and O–H groups in total. The molecule has 0 radical (unpaired) electrons. The molecule has 6 heteroatoms. The largest absolute Gasteiger partial charge is 0.336 e. The van der Waals surface area contributed by atoms with Gasteiger partial charge in [-0.1, -0.05) is 15.9 Å². The minimum Gasteiger partial charge on any atom is -0.336 e. The molecule has 1 atom stereocenters. The highest BCUT2D eigenvalue weighted by Gasteiger charge is 2.30. The Morgan fingerprint density at radius 2 is 2.35 bits per heavy atom. The third-order valence-corrected chi connectivity index (χ3v) is 4.42. The lowest BCUT2D eigenvalue weighted by atomic mass is 10.1. The van der Waals surface area contributed by atoms with E-state index in [0.29, 0.717) is 11.6 Å². The van der Waals surface area contributed by atoms with Gasteiger partial charge in [-0.05, 0) is 25.7 Å². The van der Waals surface area contributed by atoms with Crippen LogP contribution in [-0.2, 0) is 0 Å². The van der Waals surface area contributed by atoms with Gasteiger partial charge >= 0.3 is 0 Å². The van der Waals surface area contributed by atoms with E-state index in [2.05, 4.69) is 26.0 Å². The van der Waals surface area contributed by atoms with Crippen molar-refractivity contribution in [3.63, 3.8) is 0 Å². The molecule has 3 heterocycles. The molecule has 0 bridgehead atoms. The van der Waals surface area contributed by atoms with E-state index in [1.54, 1.807) is 29.3 Å². The Morgan fingerprint density at radius 1 is 1.45 bits per heavy atom. The highest BCUT2D eigenvalue weighted by atomic mass is 79.9. The third-order valence-electron chi connectivity index (χ3n) is 3.86. The molecule has 1 amide bonds. The number of carbonyl (C=O) groups excluding carboxylic acids is 1. The first-order valence-corrected chi connectivity index (χ1v) is 8.07. The number of carbonyl (C=O) groups is 1. The summed E-state index contributed by atoms with van der Waals surface area (Å²) in [4.78, 5) is 18.8. The first-order chi connectivity index (χ1) is 9.81. The second-order valence-electron chi connectivity index (χ2n) is 5.09. The number of nitrogens with zero attached hydrogens (tertiary/aromatic N) is 4. The lowest BCUT2D eigenvalue weighted by molar-refractivity contribution is 0.0732. The molecule has 0 aliphatic carbocycles. The van der Waals surface area contributed by atoms with Crippen LogP contribution < -0.4 is 0 Å². The van der Waals surface area contributed by atoms with Gasteiger partial charge in [-0.15, -0.1) is 0 Å². The molecule has 1 aliphatic rings. The molecule has 20 heavy (non-hydrogen) atoms. The van der Waals surface area contributed by atoms with Crippen LogP contribution in [0.4, 0.5) is 0 Å². The monoisotopic (exact) mass is 336 g/mol. The van der Waals surface area contributed by atoms with Gasteiger partial charge in [0.2, 0.25) is 0 Å². The van der Waals surface area contributed by atoms with Gasteiger partial charge < -0.3 is 4.90 Å². The van der Waals surface area contributed by atoms with Crippen molar-refractivity contribution >= 4 is 27.4 Å². The molecular weight excluding hydrogens is 320 g/mol. The summed E-state index contributed by atoms with van der Waals surface area (Å²) in [5, 5.41) is 5.21. The number of aromatic nitrogens is 3. The second kappa shape index (κ2) is 5.91. The van der Waals surface area contributed by atoms with Crippen LogP contribution in [-0.4, -0.2) is 43.3 Å². The van der Waals surface area contributed by atoms with E-state index in [1.165, 1.54) is 0 Å². The molecule has 106 valence electrons. The molecule has 3 rings (SSSR count). The van der Waals surface area contributed by atoms with Crippen molar-refractivity contribution in [2.45, 2.75) is 31.7 Å². The summed E-state index contributed by atoms with van der Waals surface area (Å²) in [6.45, 7) is 0.851. The van der Waals surface area contributed by atoms with Crippen molar-refractivity contribution in [3.8, 4) is 0 Å². The molecule has 0 aromatic carbocycles. The summed E-state index contributed by atoms with van der Waals surface area (Å²) in [7, 11) is 0. The maximum atomic E-state index is 12.7. The second-order valence-corrected chi connectivity index (χ2v) is 5.88. The predicted octanol–water partition coefficient (Wildman–Crippen LogP) is 2.51. The fourth-order valence-electron chi connectivity index (χ4n) is 2.87. The van der Waals surface area contributed by atoms with Gasteiger partial charge in [0.25, 0.3) is 5.91 Å². The lowest BCUT2D eigenvalue weighted by Crippen LogP contribution is -2.35. The summed E-state index contributed by atoms with van der Waals surface area (Å²) in [5.41, 5.74) is 1.44. The van der Waals surface area contributed by atoms with Gasteiger partial charge in [-0.25, -0.2) is 4.52 Å². The summed E-state index contributed by atoms with van der Waals surface area (Å²) >= 11 is 3.46. The first kappa shape index (κ1) is 13.5. The van der Waals surface area contributed by atoms with Crippen LogP contribution in [0.1, 0.15) is 36.0 Å². The highest BCUT2D eigenvalue weighted by Crippen LogP contribution is 2.25. The van der Waals surface area contributed by atoms with E-state index in [4.69, 9.17) is 0 Å². The van der Waals surface area contributed by atoms with Crippen molar-refractivity contribution in [1.29, 1.82) is 0 Å². The third kappa shape index (κ3) is 2.44. The molecule has 0 saturated carbocycles. The number of fused-ring (bicyclic) bond motifs is 1. The number of halogens is 1. The number of rotatable bonds is 4. The summed E-state index contributed by atoms with van der Waals surface area (Å²) in [5.74, 6) is 0.0880.